The van der Waals surface area contributed by atoms with Crippen LogP contribution in [0.1, 0.15) is 40.0 Å². The molecule has 120 valence electrons. The third-order valence-electron chi connectivity index (χ3n) is 4.13. The van der Waals surface area contributed by atoms with E-state index >= 15 is 0 Å². The summed E-state index contributed by atoms with van der Waals surface area (Å²) in [5.41, 5.74) is 0.333. The highest BCUT2D eigenvalue weighted by atomic mass is 16.6. The summed E-state index contributed by atoms with van der Waals surface area (Å²) in [6, 6.07) is 0. The number of alkyl carbamates (subject to hydrolysis) is 1. The minimum Gasteiger partial charge on any atom is -0.459 e. The number of esters is 1. The minimum absolute atomic E-state index is 0.0524. The summed E-state index contributed by atoms with van der Waals surface area (Å²) in [7, 11) is 0. The van der Waals surface area contributed by atoms with E-state index in [2.05, 4.69) is 25.7 Å². The molecule has 3 unspecified atom stereocenters. The Morgan fingerprint density at radius 3 is 2.48 bits per heavy atom. The first-order valence-corrected chi connectivity index (χ1v) is 7.67. The summed E-state index contributed by atoms with van der Waals surface area (Å²) in [6.07, 6.45) is 3.18. The van der Waals surface area contributed by atoms with E-state index in [-0.39, 0.29) is 13.2 Å². The number of carbonyl (C=O) groups is 2. The highest BCUT2D eigenvalue weighted by Crippen LogP contribution is 2.37. The van der Waals surface area contributed by atoms with Crippen LogP contribution in [0.3, 0.4) is 0 Å². The van der Waals surface area contributed by atoms with Gasteiger partial charge in [0.1, 0.15) is 13.2 Å². The third kappa shape index (κ3) is 6.19. The summed E-state index contributed by atoms with van der Waals surface area (Å²) in [6.45, 7) is 10.3. The van der Waals surface area contributed by atoms with Crippen molar-refractivity contribution < 1.29 is 19.1 Å². The van der Waals surface area contributed by atoms with Crippen molar-refractivity contribution in [2.75, 3.05) is 19.8 Å². The summed E-state index contributed by atoms with van der Waals surface area (Å²) in [5.74, 6) is 1.49. The van der Waals surface area contributed by atoms with Gasteiger partial charge >= 0.3 is 12.1 Å². The first-order chi connectivity index (χ1) is 9.93. The molecule has 1 rings (SSSR count). The average Bonchev–Trinajstić information content (AvgIpc) is 2.81. The summed E-state index contributed by atoms with van der Waals surface area (Å²) >= 11 is 0. The lowest BCUT2D eigenvalue weighted by Crippen LogP contribution is -2.31. The molecule has 0 aromatic carbocycles. The maximum atomic E-state index is 11.5. The molecule has 0 heterocycles. The van der Waals surface area contributed by atoms with Crippen LogP contribution in [0.2, 0.25) is 0 Å². The lowest BCUT2D eigenvalue weighted by Gasteiger charge is -2.15. The Morgan fingerprint density at radius 2 is 1.90 bits per heavy atom. The molecule has 3 atom stereocenters. The zero-order valence-corrected chi connectivity index (χ0v) is 13.3. The van der Waals surface area contributed by atoms with E-state index in [4.69, 9.17) is 9.47 Å². The number of hydrogen-bond acceptors (Lipinski definition) is 4. The largest absolute Gasteiger partial charge is 0.459 e. The van der Waals surface area contributed by atoms with Crippen LogP contribution < -0.4 is 5.32 Å². The van der Waals surface area contributed by atoms with Gasteiger partial charge < -0.3 is 14.8 Å². The van der Waals surface area contributed by atoms with Gasteiger partial charge in [-0.2, -0.15) is 0 Å². The van der Waals surface area contributed by atoms with E-state index < -0.39 is 12.1 Å². The fourth-order valence-electron chi connectivity index (χ4n) is 2.75. The summed E-state index contributed by atoms with van der Waals surface area (Å²) < 4.78 is 9.80. The van der Waals surface area contributed by atoms with Crippen molar-refractivity contribution in [3.05, 3.63) is 12.2 Å². The Labute approximate surface area is 127 Å². The molecule has 21 heavy (non-hydrogen) atoms. The monoisotopic (exact) mass is 297 g/mol. The Bertz CT molecular complexity index is 380. The van der Waals surface area contributed by atoms with Gasteiger partial charge in [0.2, 0.25) is 0 Å². The number of carbonyl (C=O) groups excluding carboxylic acids is 2. The molecule has 1 fully saturated rings. The topological polar surface area (TPSA) is 64.6 Å². The highest BCUT2D eigenvalue weighted by Gasteiger charge is 2.30. The normalized spacial score (nSPS) is 24.4. The zero-order chi connectivity index (χ0) is 15.8. The molecule has 0 spiro atoms. The fourth-order valence-corrected chi connectivity index (χ4v) is 2.75. The van der Waals surface area contributed by atoms with E-state index in [0.29, 0.717) is 24.0 Å². The second-order valence-electron chi connectivity index (χ2n) is 5.92. The van der Waals surface area contributed by atoms with E-state index in [1.807, 2.05) is 0 Å². The van der Waals surface area contributed by atoms with Crippen LogP contribution >= 0.6 is 0 Å². The molecule has 5 heteroatoms. The first kappa shape index (κ1) is 17.5. The number of hydrogen-bond donors (Lipinski definition) is 1. The predicted octanol–water partition coefficient (Wildman–Crippen LogP) is 2.90. The lowest BCUT2D eigenvalue weighted by atomic mass is 9.98. The summed E-state index contributed by atoms with van der Waals surface area (Å²) in [5, 5.41) is 2.79. The minimum atomic E-state index is -0.468. The van der Waals surface area contributed by atoms with Gasteiger partial charge in [0.05, 0.1) is 0 Å². The van der Waals surface area contributed by atoms with Crippen molar-refractivity contribution in [2.45, 2.75) is 40.0 Å². The fraction of sp³-hybridized carbons (Fsp3) is 0.750. The molecule has 5 nitrogen and oxygen atoms in total. The van der Waals surface area contributed by atoms with Crippen LogP contribution in [0.25, 0.3) is 0 Å². The molecule has 1 N–H and O–H groups in total. The Kier molecular flexibility index (Phi) is 7.26. The van der Waals surface area contributed by atoms with Gasteiger partial charge in [-0.05, 0) is 37.5 Å². The smallest absolute Gasteiger partial charge is 0.407 e. The molecule has 0 bridgehead atoms. The standard InChI is InChI=1S/C16H27NO4/c1-5-13-8-12(4)14(9-13)10-17-16(19)21-7-6-20-15(18)11(2)3/h12-14H,2,5-10H2,1,3-4H3,(H,17,19). The molecule has 0 saturated heterocycles. The molecule has 0 aromatic rings. The Morgan fingerprint density at radius 1 is 1.24 bits per heavy atom. The second kappa shape index (κ2) is 8.70. The van der Waals surface area contributed by atoms with Gasteiger partial charge in [0, 0.05) is 12.1 Å². The van der Waals surface area contributed by atoms with Crippen molar-refractivity contribution in [1.82, 2.24) is 5.32 Å². The van der Waals surface area contributed by atoms with Gasteiger partial charge in [-0.3, -0.25) is 0 Å². The molecule has 1 saturated carbocycles. The Hall–Kier alpha value is -1.52. The maximum Gasteiger partial charge on any atom is 0.407 e. The van der Waals surface area contributed by atoms with E-state index in [1.54, 1.807) is 6.92 Å². The SMILES string of the molecule is C=C(C)C(=O)OCCOC(=O)NCC1CC(CC)CC1C. The van der Waals surface area contributed by atoms with Gasteiger partial charge in [-0.15, -0.1) is 0 Å². The first-order valence-electron chi connectivity index (χ1n) is 7.67. The molecule has 0 radical (unpaired) electrons. The maximum absolute atomic E-state index is 11.5. The van der Waals surface area contributed by atoms with Gasteiger partial charge in [0.15, 0.2) is 0 Å². The van der Waals surface area contributed by atoms with Crippen LogP contribution in [-0.2, 0) is 14.3 Å². The van der Waals surface area contributed by atoms with Gasteiger partial charge in [0.25, 0.3) is 0 Å². The highest BCUT2D eigenvalue weighted by molar-refractivity contribution is 5.86. The molecular formula is C16H27NO4. The molecule has 0 aromatic heterocycles. The number of amides is 1. The van der Waals surface area contributed by atoms with Crippen molar-refractivity contribution in [2.24, 2.45) is 17.8 Å². The van der Waals surface area contributed by atoms with Gasteiger partial charge in [-0.25, -0.2) is 9.59 Å². The van der Waals surface area contributed by atoms with Crippen LogP contribution in [0.4, 0.5) is 4.79 Å². The predicted molar refractivity (Wildman–Crippen MR) is 80.8 cm³/mol. The van der Waals surface area contributed by atoms with E-state index in [0.717, 1.165) is 5.92 Å². The summed E-state index contributed by atoms with van der Waals surface area (Å²) in [4.78, 5) is 22.6. The van der Waals surface area contributed by atoms with Crippen LogP contribution in [0, 0.1) is 17.8 Å². The number of rotatable bonds is 7. The lowest BCUT2D eigenvalue weighted by molar-refractivity contribution is -0.139. The molecule has 1 aliphatic carbocycles. The van der Waals surface area contributed by atoms with Crippen molar-refractivity contribution in [3.8, 4) is 0 Å². The second-order valence-corrected chi connectivity index (χ2v) is 5.92. The van der Waals surface area contributed by atoms with Crippen LogP contribution in [-0.4, -0.2) is 31.8 Å². The van der Waals surface area contributed by atoms with E-state index in [9.17, 15) is 9.59 Å². The van der Waals surface area contributed by atoms with Crippen molar-refractivity contribution in [3.63, 3.8) is 0 Å². The van der Waals surface area contributed by atoms with E-state index in [1.165, 1.54) is 19.3 Å². The quantitative estimate of drug-likeness (QED) is 0.446. The zero-order valence-electron chi connectivity index (χ0n) is 13.3. The van der Waals surface area contributed by atoms with Crippen LogP contribution in [0.5, 0.6) is 0 Å². The molecule has 0 aliphatic heterocycles. The molecule has 1 amide bonds. The van der Waals surface area contributed by atoms with Crippen LogP contribution in [0.15, 0.2) is 12.2 Å². The molecular weight excluding hydrogens is 270 g/mol. The van der Waals surface area contributed by atoms with Gasteiger partial charge in [-0.1, -0.05) is 26.8 Å². The number of ether oxygens (including phenoxy) is 2. The van der Waals surface area contributed by atoms with Crippen molar-refractivity contribution in [1.29, 1.82) is 0 Å². The number of nitrogens with one attached hydrogen (secondary N) is 1. The third-order valence-corrected chi connectivity index (χ3v) is 4.13. The Balaban J connectivity index is 2.12. The average molecular weight is 297 g/mol. The molecule has 1 aliphatic rings. The van der Waals surface area contributed by atoms with Crippen molar-refractivity contribution >= 4 is 12.1 Å².